The molecule has 1 saturated heterocycles. The van der Waals surface area contributed by atoms with Gasteiger partial charge in [0.2, 0.25) is 0 Å². The van der Waals surface area contributed by atoms with E-state index in [9.17, 15) is 27.6 Å². The normalized spacial score (nSPS) is 18.6. The maximum atomic E-state index is 13.2. The number of urea groups is 1. The number of nitrogens with two attached hydrogens (primary N) is 1. The van der Waals surface area contributed by atoms with Gasteiger partial charge >= 0.3 is 18.2 Å². The summed E-state index contributed by atoms with van der Waals surface area (Å²) in [6.07, 6.45) is -4.53. The number of oxime groups is 1. The second-order valence-electron chi connectivity index (χ2n) is 9.03. The zero-order valence-electron chi connectivity index (χ0n) is 22.2. The Morgan fingerprint density at radius 2 is 1.88 bits per heavy atom. The lowest BCUT2D eigenvalue weighted by atomic mass is 9.94. The number of carbonyl (C=O) groups excluding carboxylic acids is 3. The number of hydrogen-bond acceptors (Lipinski definition) is 10. The van der Waals surface area contributed by atoms with Crippen LogP contribution >= 0.6 is 11.3 Å². The highest BCUT2D eigenvalue weighted by molar-refractivity contribution is 7.13. The maximum Gasteiger partial charge on any atom is 0.416 e. The quantitative estimate of drug-likeness (QED) is 0.239. The summed E-state index contributed by atoms with van der Waals surface area (Å²) in [6.45, 7) is 3.19. The van der Waals surface area contributed by atoms with Crippen molar-refractivity contribution in [2.24, 2.45) is 5.16 Å². The first-order valence-corrected chi connectivity index (χ1v) is 13.4. The molecule has 0 aliphatic carbocycles. The molecular weight excluding hydrogens is 567 g/mol. The van der Waals surface area contributed by atoms with Crippen LogP contribution in [-0.2, 0) is 25.3 Å². The highest BCUT2D eigenvalue weighted by Gasteiger charge is 2.36. The summed E-state index contributed by atoms with van der Waals surface area (Å²) in [7, 11) is 1.32. The molecule has 0 spiro atoms. The summed E-state index contributed by atoms with van der Waals surface area (Å²) < 4.78 is 44.5. The minimum atomic E-state index is -4.53. The fourth-order valence-corrected chi connectivity index (χ4v) is 5.02. The molecule has 0 radical (unpaired) electrons. The second kappa shape index (κ2) is 12.6. The smallest absolute Gasteiger partial charge is 0.416 e. The van der Waals surface area contributed by atoms with E-state index in [0.717, 1.165) is 12.1 Å². The maximum absolute atomic E-state index is 13.2. The number of halogens is 3. The van der Waals surface area contributed by atoms with E-state index in [1.54, 1.807) is 17.2 Å². The number of esters is 1. The molecule has 1 unspecified atom stereocenters. The van der Waals surface area contributed by atoms with Gasteiger partial charge in [-0.3, -0.25) is 9.69 Å². The van der Waals surface area contributed by atoms with Gasteiger partial charge in [-0.1, -0.05) is 17.3 Å². The Balaban J connectivity index is 1.53. The SMILES string of the molecule is CCOC(=O)C1=C(CN2CCN(C(=O)/C(=N/OC)c3csc(N)n3)CC2)NC(=O)NC1c1ccc(C(F)(F)F)cc1. The van der Waals surface area contributed by atoms with E-state index in [4.69, 9.17) is 15.3 Å². The first-order valence-electron chi connectivity index (χ1n) is 12.5. The monoisotopic (exact) mass is 595 g/mol. The van der Waals surface area contributed by atoms with Crippen molar-refractivity contribution in [3.8, 4) is 0 Å². The summed E-state index contributed by atoms with van der Waals surface area (Å²) in [4.78, 5) is 51.2. The van der Waals surface area contributed by atoms with Gasteiger partial charge in [0.05, 0.1) is 23.8 Å². The lowest BCUT2D eigenvalue weighted by Gasteiger charge is -2.37. The first kappa shape index (κ1) is 29.8. The molecule has 16 heteroatoms. The molecule has 220 valence electrons. The first-order chi connectivity index (χ1) is 19.5. The summed E-state index contributed by atoms with van der Waals surface area (Å²) in [5.74, 6) is -1.10. The van der Waals surface area contributed by atoms with Gasteiger partial charge in [0.1, 0.15) is 12.8 Å². The molecule has 1 aromatic heterocycles. The highest BCUT2D eigenvalue weighted by atomic mass is 32.1. The lowest BCUT2D eigenvalue weighted by Crippen LogP contribution is -2.53. The molecule has 41 heavy (non-hydrogen) atoms. The van der Waals surface area contributed by atoms with E-state index in [2.05, 4.69) is 20.8 Å². The molecular formula is C25H28F3N7O5S. The summed E-state index contributed by atoms with van der Waals surface area (Å²) >= 11 is 1.17. The third kappa shape index (κ3) is 6.94. The average molecular weight is 596 g/mol. The topological polar surface area (TPSA) is 151 Å². The van der Waals surface area contributed by atoms with Gasteiger partial charge in [-0.25, -0.2) is 14.6 Å². The Kier molecular flexibility index (Phi) is 9.12. The van der Waals surface area contributed by atoms with Gasteiger partial charge in [0, 0.05) is 43.8 Å². The molecule has 4 rings (SSSR count). The van der Waals surface area contributed by atoms with Crippen LogP contribution in [0.15, 0.2) is 46.1 Å². The van der Waals surface area contributed by atoms with Crippen molar-refractivity contribution in [2.75, 3.05) is 52.2 Å². The third-order valence-electron chi connectivity index (χ3n) is 6.41. The van der Waals surface area contributed by atoms with Crippen LogP contribution in [0.1, 0.15) is 29.8 Å². The number of ether oxygens (including phenoxy) is 1. The largest absolute Gasteiger partial charge is 0.463 e. The van der Waals surface area contributed by atoms with Crippen LogP contribution in [0.2, 0.25) is 0 Å². The number of anilines is 1. The molecule has 4 N–H and O–H groups in total. The number of piperazine rings is 1. The van der Waals surface area contributed by atoms with Crippen molar-refractivity contribution in [2.45, 2.75) is 19.1 Å². The van der Waals surface area contributed by atoms with Crippen LogP contribution in [0.5, 0.6) is 0 Å². The molecule has 1 atom stereocenters. The van der Waals surface area contributed by atoms with E-state index in [-0.39, 0.29) is 46.7 Å². The van der Waals surface area contributed by atoms with Crippen LogP contribution in [0.4, 0.5) is 23.1 Å². The van der Waals surface area contributed by atoms with Gasteiger partial charge in [0.25, 0.3) is 5.91 Å². The zero-order valence-corrected chi connectivity index (χ0v) is 23.0. The second-order valence-corrected chi connectivity index (χ2v) is 9.92. The Morgan fingerprint density at radius 3 is 2.44 bits per heavy atom. The zero-order chi connectivity index (χ0) is 29.7. The van der Waals surface area contributed by atoms with Crippen LogP contribution in [0.3, 0.4) is 0 Å². The van der Waals surface area contributed by atoms with Gasteiger partial charge in [-0.2, -0.15) is 13.2 Å². The summed E-state index contributed by atoms with van der Waals surface area (Å²) in [5.41, 5.74) is 5.80. The highest BCUT2D eigenvalue weighted by Crippen LogP contribution is 2.33. The number of nitrogens with zero attached hydrogens (tertiary/aromatic N) is 4. The van der Waals surface area contributed by atoms with E-state index in [0.29, 0.717) is 31.9 Å². The van der Waals surface area contributed by atoms with Crippen molar-refractivity contribution >= 4 is 40.1 Å². The Morgan fingerprint density at radius 1 is 1.20 bits per heavy atom. The van der Waals surface area contributed by atoms with Crippen LogP contribution < -0.4 is 16.4 Å². The third-order valence-corrected chi connectivity index (χ3v) is 7.09. The van der Waals surface area contributed by atoms with Crippen LogP contribution in [-0.4, -0.2) is 84.8 Å². The van der Waals surface area contributed by atoms with Gasteiger partial charge in [-0.05, 0) is 24.6 Å². The average Bonchev–Trinajstić information content (AvgIpc) is 3.37. The standard InChI is InChI=1S/C25H28F3N7O5S/c1-3-40-22(37)18-16(31-24(38)32-19(18)14-4-6-15(7-5-14)25(26,27)28)12-34-8-10-35(11-9-34)21(36)20(33-39-2)17-13-41-23(29)30-17/h4-7,13,19H,3,8-12H2,1-2H3,(H2,29,30)(H2,31,32,38)/b33-20+. The number of benzene rings is 1. The van der Waals surface area contributed by atoms with Gasteiger partial charge < -0.3 is 30.8 Å². The predicted molar refractivity (Wildman–Crippen MR) is 143 cm³/mol. The van der Waals surface area contributed by atoms with E-state index in [1.807, 2.05) is 4.90 Å². The minimum absolute atomic E-state index is 0.0196. The van der Waals surface area contributed by atoms with Crippen molar-refractivity contribution in [1.29, 1.82) is 0 Å². The number of aromatic nitrogens is 1. The van der Waals surface area contributed by atoms with E-state index in [1.165, 1.54) is 30.6 Å². The lowest BCUT2D eigenvalue weighted by molar-refractivity contribution is -0.139. The molecule has 0 bridgehead atoms. The Hall–Kier alpha value is -4.18. The number of hydrogen-bond donors (Lipinski definition) is 3. The summed E-state index contributed by atoms with van der Waals surface area (Å²) in [6, 6.07) is 2.58. The van der Waals surface area contributed by atoms with Crippen LogP contribution in [0, 0.1) is 0 Å². The number of carbonyl (C=O) groups is 3. The summed E-state index contributed by atoms with van der Waals surface area (Å²) in [5, 5.41) is 11.0. The van der Waals surface area contributed by atoms with Crippen LogP contribution in [0.25, 0.3) is 0 Å². The molecule has 2 aliphatic rings. The van der Waals surface area contributed by atoms with Crippen molar-refractivity contribution in [1.82, 2.24) is 25.4 Å². The van der Waals surface area contributed by atoms with Gasteiger partial charge in [0.15, 0.2) is 10.8 Å². The van der Waals surface area contributed by atoms with E-state index < -0.39 is 29.8 Å². The number of amides is 3. The number of alkyl halides is 3. The fraction of sp³-hybridized carbons (Fsp3) is 0.400. The Labute approximate surface area is 237 Å². The van der Waals surface area contributed by atoms with Gasteiger partial charge in [-0.15, -0.1) is 11.3 Å². The number of nitrogen functional groups attached to an aromatic ring is 1. The molecule has 12 nitrogen and oxygen atoms in total. The fourth-order valence-electron chi connectivity index (χ4n) is 4.47. The minimum Gasteiger partial charge on any atom is -0.463 e. The molecule has 1 aromatic carbocycles. The molecule has 3 amide bonds. The van der Waals surface area contributed by atoms with Crippen molar-refractivity contribution in [3.05, 3.63) is 57.7 Å². The van der Waals surface area contributed by atoms with Crippen molar-refractivity contribution < 1.29 is 37.1 Å². The number of nitrogens with one attached hydrogen (secondary N) is 2. The molecule has 1 fully saturated rings. The van der Waals surface area contributed by atoms with E-state index >= 15 is 0 Å². The molecule has 0 saturated carbocycles. The molecule has 2 aromatic rings. The number of thiazole rings is 1. The Bertz CT molecular complexity index is 1350. The number of rotatable bonds is 8. The predicted octanol–water partition coefficient (Wildman–Crippen LogP) is 2.11. The van der Waals surface area contributed by atoms with Crippen molar-refractivity contribution in [3.63, 3.8) is 0 Å². The molecule has 2 aliphatic heterocycles. The molecule has 3 heterocycles.